The first-order valence-electron chi connectivity index (χ1n) is 11.2. The zero-order chi connectivity index (χ0) is 26.7. The lowest BCUT2D eigenvalue weighted by molar-refractivity contribution is -0.120. The average Bonchev–Trinajstić information content (AvgIpc) is 3.08. The van der Waals surface area contributed by atoms with Crippen LogP contribution in [0.2, 0.25) is 5.02 Å². The molecule has 0 unspecified atom stereocenters. The van der Waals surface area contributed by atoms with Crippen molar-refractivity contribution in [1.29, 1.82) is 0 Å². The molecule has 1 aliphatic rings. The Labute approximate surface area is 222 Å². The van der Waals surface area contributed by atoms with Crippen LogP contribution < -0.4 is 15.5 Å². The Bertz CT molecular complexity index is 1430. The second-order valence-corrected chi connectivity index (χ2v) is 9.12. The summed E-state index contributed by atoms with van der Waals surface area (Å²) in [6.07, 6.45) is -0.331. The van der Waals surface area contributed by atoms with Crippen molar-refractivity contribution in [3.8, 4) is 0 Å². The summed E-state index contributed by atoms with van der Waals surface area (Å²) in [4.78, 5) is 51.9. The number of hydrogen-bond donors (Lipinski definition) is 2. The van der Waals surface area contributed by atoms with Crippen LogP contribution in [-0.2, 0) is 14.3 Å². The van der Waals surface area contributed by atoms with Gasteiger partial charge in [-0.3, -0.25) is 14.4 Å². The van der Waals surface area contributed by atoms with Crippen molar-refractivity contribution in [3.63, 3.8) is 0 Å². The number of hydrogen-bond acceptors (Lipinski definition) is 6. The second-order valence-electron chi connectivity index (χ2n) is 8.31. The van der Waals surface area contributed by atoms with Crippen LogP contribution in [0.3, 0.4) is 0 Å². The molecule has 37 heavy (non-hydrogen) atoms. The largest absolute Gasteiger partial charge is 0.459 e. The first-order valence-corrected chi connectivity index (χ1v) is 11.9. The van der Waals surface area contributed by atoms with Gasteiger partial charge in [-0.1, -0.05) is 35.3 Å². The number of carbonyl (C=O) groups is 4. The van der Waals surface area contributed by atoms with Gasteiger partial charge in [0.15, 0.2) is 0 Å². The smallest absolute Gasteiger partial charge is 0.338 e. The van der Waals surface area contributed by atoms with Crippen LogP contribution in [0.4, 0.5) is 17.1 Å². The summed E-state index contributed by atoms with van der Waals surface area (Å²) in [7, 11) is 0. The fraction of sp³-hybridized carbons (Fsp3) is 0.111. The molecule has 0 atom stereocenters. The van der Waals surface area contributed by atoms with Crippen LogP contribution >= 0.6 is 23.2 Å². The maximum absolute atomic E-state index is 13.2. The minimum Gasteiger partial charge on any atom is -0.459 e. The SMILES string of the molecule is CC(C)OC(=O)c1cccc(N2C(=O)C(Cl)=C(Nc3cccc(C(=O)Nc4ccc(Cl)cc4)c3)C2=O)c1. The molecule has 0 aliphatic carbocycles. The molecule has 0 bridgehead atoms. The number of imide groups is 1. The van der Waals surface area contributed by atoms with Crippen LogP contribution in [0.25, 0.3) is 0 Å². The number of nitrogens with one attached hydrogen (secondary N) is 2. The van der Waals surface area contributed by atoms with Gasteiger partial charge in [0.1, 0.15) is 10.7 Å². The zero-order valence-corrected chi connectivity index (χ0v) is 21.3. The Morgan fingerprint density at radius 2 is 1.51 bits per heavy atom. The average molecular weight is 538 g/mol. The Morgan fingerprint density at radius 3 is 2.22 bits per heavy atom. The van der Waals surface area contributed by atoms with Gasteiger partial charge in [0.2, 0.25) is 0 Å². The maximum Gasteiger partial charge on any atom is 0.338 e. The summed E-state index contributed by atoms with van der Waals surface area (Å²) in [5.41, 5.74) is 1.43. The molecule has 0 aromatic heterocycles. The van der Waals surface area contributed by atoms with Gasteiger partial charge in [-0.25, -0.2) is 9.69 Å². The lowest BCUT2D eigenvalue weighted by Crippen LogP contribution is -2.32. The fourth-order valence-corrected chi connectivity index (χ4v) is 3.86. The van der Waals surface area contributed by atoms with E-state index in [-0.39, 0.29) is 34.0 Å². The van der Waals surface area contributed by atoms with Crippen LogP contribution in [0.5, 0.6) is 0 Å². The first kappa shape index (κ1) is 25.9. The molecule has 0 saturated heterocycles. The topological polar surface area (TPSA) is 105 Å². The quantitative estimate of drug-likeness (QED) is 0.300. The Morgan fingerprint density at radius 1 is 0.838 bits per heavy atom. The molecule has 0 radical (unpaired) electrons. The number of rotatable bonds is 7. The van der Waals surface area contributed by atoms with E-state index in [2.05, 4.69) is 10.6 Å². The predicted molar refractivity (Wildman–Crippen MR) is 142 cm³/mol. The van der Waals surface area contributed by atoms with Crippen molar-refractivity contribution < 1.29 is 23.9 Å². The highest BCUT2D eigenvalue weighted by atomic mass is 35.5. The summed E-state index contributed by atoms with van der Waals surface area (Å²) < 4.78 is 5.19. The number of carbonyl (C=O) groups excluding carboxylic acids is 4. The molecule has 1 heterocycles. The van der Waals surface area contributed by atoms with E-state index in [9.17, 15) is 19.2 Å². The van der Waals surface area contributed by atoms with Gasteiger partial charge in [-0.15, -0.1) is 0 Å². The van der Waals surface area contributed by atoms with Gasteiger partial charge < -0.3 is 15.4 Å². The highest BCUT2D eigenvalue weighted by Gasteiger charge is 2.39. The van der Waals surface area contributed by atoms with Crippen molar-refractivity contribution in [1.82, 2.24) is 0 Å². The van der Waals surface area contributed by atoms with Crippen LogP contribution in [0, 0.1) is 0 Å². The third-order valence-electron chi connectivity index (χ3n) is 5.21. The standard InChI is InChI=1S/C27H21Cl2N3O5/c1-15(2)37-27(36)17-6-4-8-21(14-17)32-25(34)22(29)23(26(32)35)30-20-7-3-5-16(13-20)24(33)31-19-11-9-18(28)10-12-19/h3-15,30H,1-2H3,(H,31,33). The number of halogens is 2. The Balaban J connectivity index is 1.52. The number of esters is 1. The van der Waals surface area contributed by atoms with Crippen molar-refractivity contribution in [2.75, 3.05) is 15.5 Å². The lowest BCUT2D eigenvalue weighted by Gasteiger charge is -2.16. The molecule has 2 N–H and O–H groups in total. The van der Waals surface area contributed by atoms with Crippen molar-refractivity contribution >= 4 is 64.0 Å². The monoisotopic (exact) mass is 537 g/mol. The van der Waals surface area contributed by atoms with Crippen LogP contribution in [0.1, 0.15) is 34.6 Å². The van der Waals surface area contributed by atoms with Gasteiger partial charge in [0, 0.05) is 22.0 Å². The molecule has 1 aliphatic heterocycles. The van der Waals surface area contributed by atoms with E-state index in [0.717, 1.165) is 4.90 Å². The van der Waals surface area contributed by atoms with Gasteiger partial charge in [0.25, 0.3) is 17.7 Å². The summed E-state index contributed by atoms with van der Waals surface area (Å²) in [6, 6.07) is 19.0. The molecule has 3 aromatic rings. The van der Waals surface area contributed by atoms with E-state index in [1.165, 1.54) is 30.3 Å². The van der Waals surface area contributed by atoms with E-state index in [1.807, 2.05) is 0 Å². The van der Waals surface area contributed by atoms with E-state index in [1.54, 1.807) is 56.3 Å². The molecule has 4 rings (SSSR count). The highest BCUT2D eigenvalue weighted by molar-refractivity contribution is 6.53. The number of nitrogens with zero attached hydrogens (tertiary/aromatic N) is 1. The van der Waals surface area contributed by atoms with Gasteiger partial charge in [-0.2, -0.15) is 0 Å². The summed E-state index contributed by atoms with van der Waals surface area (Å²) in [6.45, 7) is 3.43. The van der Waals surface area contributed by atoms with E-state index >= 15 is 0 Å². The van der Waals surface area contributed by atoms with Gasteiger partial charge in [0.05, 0.1) is 17.4 Å². The van der Waals surface area contributed by atoms with Crippen LogP contribution in [0.15, 0.2) is 83.5 Å². The van der Waals surface area contributed by atoms with E-state index in [0.29, 0.717) is 22.0 Å². The molecule has 3 aromatic carbocycles. The summed E-state index contributed by atoms with van der Waals surface area (Å²) in [5.74, 6) is -2.42. The van der Waals surface area contributed by atoms with Crippen LogP contribution in [-0.4, -0.2) is 29.8 Å². The molecule has 0 saturated carbocycles. The third kappa shape index (κ3) is 5.82. The predicted octanol–water partition coefficient (Wildman–Crippen LogP) is 5.59. The fourth-order valence-electron chi connectivity index (χ4n) is 3.52. The van der Waals surface area contributed by atoms with Crippen molar-refractivity contribution in [3.05, 3.63) is 99.7 Å². The third-order valence-corrected chi connectivity index (χ3v) is 5.81. The van der Waals surface area contributed by atoms with E-state index in [4.69, 9.17) is 27.9 Å². The molecular formula is C27H21Cl2N3O5. The van der Waals surface area contributed by atoms with Crippen molar-refractivity contribution in [2.45, 2.75) is 20.0 Å². The first-order chi connectivity index (χ1) is 17.6. The molecule has 8 nitrogen and oxygen atoms in total. The number of anilines is 3. The zero-order valence-electron chi connectivity index (χ0n) is 19.7. The minimum atomic E-state index is -0.750. The maximum atomic E-state index is 13.2. The molecule has 10 heteroatoms. The second kappa shape index (κ2) is 10.9. The number of ether oxygens (including phenoxy) is 1. The molecule has 3 amide bonds. The number of benzene rings is 3. The number of amides is 3. The normalized spacial score (nSPS) is 13.3. The van der Waals surface area contributed by atoms with Gasteiger partial charge >= 0.3 is 5.97 Å². The Hall–Kier alpha value is -4.14. The molecule has 0 spiro atoms. The van der Waals surface area contributed by atoms with E-state index < -0.39 is 17.8 Å². The molecular weight excluding hydrogens is 517 g/mol. The Kier molecular flexibility index (Phi) is 7.61. The van der Waals surface area contributed by atoms with Gasteiger partial charge in [-0.05, 0) is 74.5 Å². The van der Waals surface area contributed by atoms with Crippen molar-refractivity contribution in [2.24, 2.45) is 0 Å². The lowest BCUT2D eigenvalue weighted by atomic mass is 10.1. The summed E-state index contributed by atoms with van der Waals surface area (Å²) in [5, 5.41) is 5.82. The molecule has 188 valence electrons. The highest BCUT2D eigenvalue weighted by Crippen LogP contribution is 2.31. The minimum absolute atomic E-state index is 0.155. The molecule has 0 fully saturated rings. The summed E-state index contributed by atoms with van der Waals surface area (Å²) >= 11 is 12.1.